The van der Waals surface area contributed by atoms with E-state index >= 15 is 0 Å². The van der Waals surface area contributed by atoms with Gasteiger partial charge < -0.3 is 5.11 Å². The van der Waals surface area contributed by atoms with Gasteiger partial charge in [0.05, 0.1) is 6.42 Å². The average Bonchev–Trinajstić information content (AvgIpc) is 2.82. The van der Waals surface area contributed by atoms with Crippen LogP contribution in [0.1, 0.15) is 17.5 Å². The first-order valence-electron chi connectivity index (χ1n) is 10.4. The minimum Gasteiger partial charge on any atom is -0.508 e. The van der Waals surface area contributed by atoms with E-state index in [4.69, 9.17) is 0 Å². The van der Waals surface area contributed by atoms with Gasteiger partial charge in [-0.1, -0.05) is 91.0 Å². The lowest BCUT2D eigenvalue weighted by Gasteiger charge is -2.11. The van der Waals surface area contributed by atoms with Crippen LogP contribution in [0.5, 0.6) is 5.75 Å². The highest BCUT2D eigenvalue weighted by atomic mass is 16.3. The molecule has 3 heteroatoms. The maximum Gasteiger partial charge on any atom is 0.163 e. The molecule has 0 aliphatic carbocycles. The van der Waals surface area contributed by atoms with Crippen molar-refractivity contribution in [1.29, 1.82) is 0 Å². The van der Waals surface area contributed by atoms with Crippen molar-refractivity contribution in [2.45, 2.75) is 6.42 Å². The number of ketones is 2. The van der Waals surface area contributed by atoms with Crippen molar-refractivity contribution < 1.29 is 14.7 Å². The molecule has 0 aliphatic heterocycles. The molecule has 0 fully saturated rings. The van der Waals surface area contributed by atoms with Gasteiger partial charge in [0.2, 0.25) is 0 Å². The predicted octanol–water partition coefficient (Wildman–Crippen LogP) is 6.47. The first-order valence-corrected chi connectivity index (χ1v) is 10.4. The third-order valence-electron chi connectivity index (χ3n) is 5.18. The summed E-state index contributed by atoms with van der Waals surface area (Å²) in [6.07, 6.45) is 6.09. The Morgan fingerprint density at radius 1 is 0.688 bits per heavy atom. The summed E-state index contributed by atoms with van der Waals surface area (Å²) in [5.41, 5.74) is 3.84. The molecule has 0 heterocycles. The van der Waals surface area contributed by atoms with Gasteiger partial charge in [-0.05, 0) is 57.3 Å². The van der Waals surface area contributed by atoms with E-state index in [-0.39, 0.29) is 23.7 Å². The standard InChI is InChI=1S/C29H22O3/c30-25-16-10-21(11-17-25)12-18-26(31)20-27(32)19-15-24-14-13-22-6-4-5-9-28(22)29(24)23-7-2-1-3-8-23/h1-19,30H,20H2. The second kappa shape index (κ2) is 9.71. The van der Waals surface area contributed by atoms with E-state index < -0.39 is 0 Å². The van der Waals surface area contributed by atoms with Crippen LogP contribution in [0.4, 0.5) is 0 Å². The van der Waals surface area contributed by atoms with E-state index in [9.17, 15) is 14.7 Å². The van der Waals surface area contributed by atoms with Crippen molar-refractivity contribution in [2.24, 2.45) is 0 Å². The Balaban J connectivity index is 1.54. The fourth-order valence-corrected chi connectivity index (χ4v) is 3.60. The second-order valence-corrected chi connectivity index (χ2v) is 7.48. The van der Waals surface area contributed by atoms with Crippen LogP contribution in [0.3, 0.4) is 0 Å². The smallest absolute Gasteiger partial charge is 0.163 e. The molecule has 0 spiro atoms. The van der Waals surface area contributed by atoms with Crippen LogP contribution in [0, 0.1) is 0 Å². The van der Waals surface area contributed by atoms with Gasteiger partial charge >= 0.3 is 0 Å². The lowest BCUT2D eigenvalue weighted by Crippen LogP contribution is -2.02. The molecule has 0 atom stereocenters. The van der Waals surface area contributed by atoms with Gasteiger partial charge in [0.1, 0.15) is 5.75 Å². The van der Waals surface area contributed by atoms with Crippen LogP contribution in [0.15, 0.2) is 103 Å². The largest absolute Gasteiger partial charge is 0.508 e. The lowest BCUT2D eigenvalue weighted by atomic mass is 9.93. The van der Waals surface area contributed by atoms with Crippen molar-refractivity contribution in [2.75, 3.05) is 0 Å². The Morgan fingerprint density at radius 2 is 1.34 bits per heavy atom. The second-order valence-electron chi connectivity index (χ2n) is 7.48. The van der Waals surface area contributed by atoms with Crippen molar-refractivity contribution in [3.8, 4) is 16.9 Å². The van der Waals surface area contributed by atoms with E-state index in [1.807, 2.05) is 42.5 Å². The third kappa shape index (κ3) is 5.08. The molecule has 0 saturated carbocycles. The fraction of sp³-hybridized carbons (Fsp3) is 0.0345. The number of allylic oxidation sites excluding steroid dienone is 2. The Labute approximate surface area is 187 Å². The summed E-state index contributed by atoms with van der Waals surface area (Å²) in [5, 5.41) is 11.6. The molecule has 4 aromatic rings. The lowest BCUT2D eigenvalue weighted by molar-refractivity contribution is -0.121. The molecule has 0 unspecified atom stereocenters. The first kappa shape index (κ1) is 21.0. The van der Waals surface area contributed by atoms with Crippen molar-refractivity contribution in [3.63, 3.8) is 0 Å². The minimum atomic E-state index is -0.269. The zero-order valence-corrected chi connectivity index (χ0v) is 17.4. The summed E-state index contributed by atoms with van der Waals surface area (Å²) in [5.74, 6) is -0.357. The van der Waals surface area contributed by atoms with Gasteiger partial charge in [0.15, 0.2) is 11.6 Å². The number of phenols is 1. The van der Waals surface area contributed by atoms with Gasteiger partial charge in [-0.3, -0.25) is 9.59 Å². The van der Waals surface area contributed by atoms with Crippen LogP contribution < -0.4 is 0 Å². The summed E-state index contributed by atoms with van der Waals surface area (Å²) >= 11 is 0. The highest BCUT2D eigenvalue weighted by Crippen LogP contribution is 2.33. The summed E-state index contributed by atoms with van der Waals surface area (Å²) in [6.45, 7) is 0. The molecule has 4 rings (SSSR count). The summed E-state index contributed by atoms with van der Waals surface area (Å²) in [4.78, 5) is 24.6. The van der Waals surface area contributed by atoms with Crippen LogP contribution in [-0.2, 0) is 9.59 Å². The maximum absolute atomic E-state index is 12.4. The van der Waals surface area contributed by atoms with Gasteiger partial charge in [-0.2, -0.15) is 0 Å². The van der Waals surface area contributed by atoms with Gasteiger partial charge in [-0.25, -0.2) is 0 Å². The number of hydrogen-bond acceptors (Lipinski definition) is 3. The monoisotopic (exact) mass is 418 g/mol. The van der Waals surface area contributed by atoms with E-state index in [2.05, 4.69) is 24.3 Å². The SMILES string of the molecule is O=C(C=Cc1ccc(O)cc1)CC(=O)C=Cc1ccc2ccccc2c1-c1ccccc1. The van der Waals surface area contributed by atoms with Crippen molar-refractivity contribution in [1.82, 2.24) is 0 Å². The topological polar surface area (TPSA) is 54.4 Å². The number of hydrogen-bond donors (Lipinski definition) is 1. The molecule has 0 aromatic heterocycles. The quantitative estimate of drug-likeness (QED) is 0.276. The molecule has 0 amide bonds. The van der Waals surface area contributed by atoms with Crippen molar-refractivity contribution in [3.05, 3.63) is 114 Å². The number of phenolic OH excluding ortho intramolecular Hbond substituents is 1. The Kier molecular flexibility index (Phi) is 6.38. The predicted molar refractivity (Wildman–Crippen MR) is 130 cm³/mol. The number of rotatable bonds is 7. The average molecular weight is 418 g/mol. The Hall–Kier alpha value is -4.24. The summed E-state index contributed by atoms with van der Waals surface area (Å²) in [7, 11) is 0. The number of fused-ring (bicyclic) bond motifs is 1. The van der Waals surface area contributed by atoms with Gasteiger partial charge in [0.25, 0.3) is 0 Å². The first-order chi connectivity index (χ1) is 15.6. The van der Waals surface area contributed by atoms with Crippen LogP contribution in [-0.4, -0.2) is 16.7 Å². The highest BCUT2D eigenvalue weighted by Gasteiger charge is 2.09. The maximum atomic E-state index is 12.4. The molecule has 1 N–H and O–H groups in total. The fourth-order valence-electron chi connectivity index (χ4n) is 3.60. The van der Waals surface area contributed by atoms with Gasteiger partial charge in [-0.15, -0.1) is 0 Å². The van der Waals surface area contributed by atoms with E-state index in [0.29, 0.717) is 0 Å². The van der Waals surface area contributed by atoms with E-state index in [0.717, 1.165) is 33.0 Å². The van der Waals surface area contributed by atoms with Crippen molar-refractivity contribution >= 4 is 34.5 Å². The minimum absolute atomic E-state index is 0.164. The van der Waals surface area contributed by atoms with E-state index in [1.165, 1.54) is 12.2 Å². The molecule has 0 saturated heterocycles. The molecule has 3 nitrogen and oxygen atoms in total. The highest BCUT2D eigenvalue weighted by molar-refractivity contribution is 6.11. The third-order valence-corrected chi connectivity index (χ3v) is 5.18. The zero-order chi connectivity index (χ0) is 22.3. The zero-order valence-electron chi connectivity index (χ0n) is 17.4. The van der Waals surface area contributed by atoms with Crippen LogP contribution in [0.2, 0.25) is 0 Å². The molecular formula is C29H22O3. The molecule has 0 radical (unpaired) electrons. The molecule has 0 bridgehead atoms. The van der Waals surface area contributed by atoms with Gasteiger partial charge in [0, 0.05) is 0 Å². The number of carbonyl (C=O) groups is 2. The van der Waals surface area contributed by atoms with E-state index in [1.54, 1.807) is 36.4 Å². The Morgan fingerprint density at radius 3 is 2.09 bits per heavy atom. The molecule has 4 aromatic carbocycles. The number of benzene rings is 4. The van der Waals surface area contributed by atoms with Crippen LogP contribution in [0.25, 0.3) is 34.1 Å². The number of carbonyl (C=O) groups excluding carboxylic acids is 2. The normalized spacial score (nSPS) is 11.4. The molecule has 32 heavy (non-hydrogen) atoms. The summed E-state index contributed by atoms with van der Waals surface area (Å²) in [6, 6.07) is 28.8. The molecule has 156 valence electrons. The Bertz CT molecular complexity index is 1310. The number of aromatic hydroxyl groups is 1. The van der Waals surface area contributed by atoms with Crippen LogP contribution >= 0.6 is 0 Å². The summed E-state index contributed by atoms with van der Waals surface area (Å²) < 4.78 is 0. The molecule has 0 aliphatic rings. The molecular weight excluding hydrogens is 396 g/mol.